The molecule has 2 unspecified atom stereocenters. The Morgan fingerprint density at radius 2 is 2.32 bits per heavy atom. The van der Waals surface area contributed by atoms with Crippen LogP contribution in [0.4, 0.5) is 5.82 Å². The topological polar surface area (TPSA) is 84.3 Å². The summed E-state index contributed by atoms with van der Waals surface area (Å²) in [6, 6.07) is 1.57. The van der Waals surface area contributed by atoms with Gasteiger partial charge in [-0.15, -0.1) is 0 Å². The van der Waals surface area contributed by atoms with E-state index in [9.17, 15) is 9.90 Å². The van der Waals surface area contributed by atoms with Gasteiger partial charge in [0, 0.05) is 12.1 Å². The zero-order valence-electron chi connectivity index (χ0n) is 11.4. The molecule has 1 fully saturated rings. The molecule has 104 valence electrons. The number of aliphatic carboxylic acids is 1. The van der Waals surface area contributed by atoms with Crippen molar-refractivity contribution in [3.63, 3.8) is 0 Å². The fraction of sp³-hybridized carbons (Fsp3) is 0.615. The highest BCUT2D eigenvalue weighted by Crippen LogP contribution is 2.39. The van der Waals surface area contributed by atoms with E-state index in [1.54, 1.807) is 27.0 Å². The van der Waals surface area contributed by atoms with Gasteiger partial charge in [-0.2, -0.15) is 4.98 Å². The maximum absolute atomic E-state index is 11.4. The van der Waals surface area contributed by atoms with Crippen LogP contribution in [0.25, 0.3) is 0 Å². The number of hydrogen-bond acceptors (Lipinski definition) is 5. The van der Waals surface area contributed by atoms with Gasteiger partial charge in [0.15, 0.2) is 0 Å². The van der Waals surface area contributed by atoms with Crippen molar-refractivity contribution in [2.24, 2.45) is 5.41 Å². The fourth-order valence-electron chi connectivity index (χ4n) is 2.55. The predicted octanol–water partition coefficient (Wildman–Crippen LogP) is 1.85. The first-order valence-corrected chi connectivity index (χ1v) is 6.35. The molecule has 0 spiro atoms. The number of carboxylic acid groups (broad SMARTS) is 1. The molecular formula is C13H19N3O3. The minimum Gasteiger partial charge on any atom is -0.481 e. The number of anilines is 1. The van der Waals surface area contributed by atoms with Gasteiger partial charge >= 0.3 is 5.97 Å². The Morgan fingerprint density at radius 1 is 1.58 bits per heavy atom. The molecule has 2 N–H and O–H groups in total. The van der Waals surface area contributed by atoms with Gasteiger partial charge in [0.05, 0.1) is 12.5 Å². The maximum Gasteiger partial charge on any atom is 0.311 e. The molecule has 1 aromatic rings. The second-order valence-electron chi connectivity index (χ2n) is 5.15. The third-order valence-corrected chi connectivity index (χ3v) is 3.79. The molecule has 1 aliphatic carbocycles. The summed E-state index contributed by atoms with van der Waals surface area (Å²) in [6.45, 7) is 3.56. The van der Waals surface area contributed by atoms with Crippen molar-refractivity contribution in [3.8, 4) is 5.88 Å². The van der Waals surface area contributed by atoms with E-state index in [1.807, 2.05) is 0 Å². The van der Waals surface area contributed by atoms with Crippen molar-refractivity contribution in [2.75, 3.05) is 12.4 Å². The number of aryl methyl sites for hydroxylation is 1. The molecule has 1 aromatic heterocycles. The maximum atomic E-state index is 11.4. The minimum atomic E-state index is -0.764. The lowest BCUT2D eigenvalue weighted by Gasteiger charge is -2.28. The van der Waals surface area contributed by atoms with Gasteiger partial charge in [0.25, 0.3) is 0 Å². The molecule has 1 aliphatic rings. The van der Waals surface area contributed by atoms with Crippen molar-refractivity contribution in [3.05, 3.63) is 11.9 Å². The number of rotatable bonds is 4. The average molecular weight is 265 g/mol. The van der Waals surface area contributed by atoms with E-state index >= 15 is 0 Å². The summed E-state index contributed by atoms with van der Waals surface area (Å²) in [6.07, 6.45) is 2.41. The van der Waals surface area contributed by atoms with Gasteiger partial charge in [-0.25, -0.2) is 4.98 Å². The summed E-state index contributed by atoms with van der Waals surface area (Å²) < 4.78 is 5.09. The largest absolute Gasteiger partial charge is 0.481 e. The number of ether oxygens (including phenoxy) is 1. The van der Waals surface area contributed by atoms with Crippen LogP contribution in [-0.2, 0) is 4.79 Å². The summed E-state index contributed by atoms with van der Waals surface area (Å²) >= 11 is 0. The molecule has 0 aliphatic heterocycles. The van der Waals surface area contributed by atoms with E-state index in [0.29, 0.717) is 23.9 Å². The van der Waals surface area contributed by atoms with Crippen LogP contribution in [0.3, 0.4) is 0 Å². The lowest BCUT2D eigenvalue weighted by Crippen LogP contribution is -2.40. The molecule has 6 heteroatoms. The molecule has 1 saturated carbocycles. The standard InChI is InChI=1S/C13H19N3O3/c1-8-14-10(7-11(15-8)19-3)16-9-5-4-6-13(9,2)12(17)18/h7,9H,4-6H2,1-3H3,(H,17,18)(H,14,15,16). The van der Waals surface area contributed by atoms with Gasteiger partial charge in [-0.3, -0.25) is 4.79 Å². The Balaban J connectivity index is 2.21. The van der Waals surface area contributed by atoms with Crippen molar-refractivity contribution in [1.82, 2.24) is 9.97 Å². The van der Waals surface area contributed by atoms with E-state index in [4.69, 9.17) is 4.74 Å². The number of hydrogen-bond donors (Lipinski definition) is 2. The van der Waals surface area contributed by atoms with Crippen LogP contribution in [0.1, 0.15) is 32.0 Å². The number of nitrogens with zero attached hydrogens (tertiary/aromatic N) is 2. The quantitative estimate of drug-likeness (QED) is 0.864. The van der Waals surface area contributed by atoms with Crippen LogP contribution in [0.15, 0.2) is 6.07 Å². The Hall–Kier alpha value is -1.85. The van der Waals surface area contributed by atoms with Crippen molar-refractivity contribution < 1.29 is 14.6 Å². The molecule has 2 rings (SSSR count). The van der Waals surface area contributed by atoms with Crippen LogP contribution in [0.5, 0.6) is 5.88 Å². The molecule has 1 heterocycles. The van der Waals surface area contributed by atoms with Gasteiger partial charge < -0.3 is 15.2 Å². The molecule has 0 aromatic carbocycles. The number of aromatic nitrogens is 2. The van der Waals surface area contributed by atoms with Gasteiger partial charge in [-0.05, 0) is 26.7 Å². The Bertz CT molecular complexity index is 492. The number of carbonyl (C=O) groups is 1. The second-order valence-corrected chi connectivity index (χ2v) is 5.15. The van der Waals surface area contributed by atoms with Crippen molar-refractivity contribution in [2.45, 2.75) is 39.2 Å². The molecule has 6 nitrogen and oxygen atoms in total. The SMILES string of the molecule is COc1cc(NC2CCCC2(C)C(=O)O)nc(C)n1. The van der Waals surface area contributed by atoms with Gasteiger partial charge in [-0.1, -0.05) is 6.42 Å². The smallest absolute Gasteiger partial charge is 0.311 e. The monoisotopic (exact) mass is 265 g/mol. The van der Waals surface area contributed by atoms with Crippen molar-refractivity contribution >= 4 is 11.8 Å². The Kier molecular flexibility index (Phi) is 3.59. The molecular weight excluding hydrogens is 246 g/mol. The van der Waals surface area contributed by atoms with Gasteiger partial charge in [0.1, 0.15) is 11.6 Å². The molecule has 2 atom stereocenters. The summed E-state index contributed by atoms with van der Waals surface area (Å²) in [7, 11) is 1.54. The Morgan fingerprint density at radius 3 is 2.95 bits per heavy atom. The van der Waals surface area contributed by atoms with Crippen LogP contribution in [0.2, 0.25) is 0 Å². The van der Waals surface area contributed by atoms with E-state index in [2.05, 4.69) is 15.3 Å². The lowest BCUT2D eigenvalue weighted by atomic mass is 9.85. The third-order valence-electron chi connectivity index (χ3n) is 3.79. The molecule has 0 saturated heterocycles. The highest BCUT2D eigenvalue weighted by molar-refractivity contribution is 5.76. The predicted molar refractivity (Wildman–Crippen MR) is 70.3 cm³/mol. The average Bonchev–Trinajstić information content (AvgIpc) is 2.71. The number of methoxy groups -OCH3 is 1. The first kappa shape index (κ1) is 13.6. The lowest BCUT2D eigenvalue weighted by molar-refractivity contribution is -0.147. The zero-order valence-corrected chi connectivity index (χ0v) is 11.4. The highest BCUT2D eigenvalue weighted by atomic mass is 16.5. The highest BCUT2D eigenvalue weighted by Gasteiger charge is 2.45. The zero-order chi connectivity index (χ0) is 14.0. The first-order valence-electron chi connectivity index (χ1n) is 6.35. The van der Waals surface area contributed by atoms with E-state index in [-0.39, 0.29) is 6.04 Å². The second kappa shape index (κ2) is 5.03. The summed E-state index contributed by atoms with van der Waals surface area (Å²) in [5.41, 5.74) is -0.744. The van der Waals surface area contributed by atoms with Gasteiger partial charge in [0.2, 0.25) is 5.88 Å². The molecule has 0 radical (unpaired) electrons. The Labute approximate surface area is 112 Å². The van der Waals surface area contributed by atoms with Crippen LogP contribution >= 0.6 is 0 Å². The fourth-order valence-corrected chi connectivity index (χ4v) is 2.55. The molecule has 0 amide bonds. The van der Waals surface area contributed by atoms with Crippen molar-refractivity contribution in [1.29, 1.82) is 0 Å². The minimum absolute atomic E-state index is 0.121. The normalized spacial score (nSPS) is 26.2. The summed E-state index contributed by atoms with van der Waals surface area (Å²) in [4.78, 5) is 19.8. The summed E-state index contributed by atoms with van der Waals surface area (Å²) in [5.74, 6) is 0.922. The number of nitrogens with one attached hydrogen (secondary N) is 1. The van der Waals surface area contributed by atoms with Crippen LogP contribution in [-0.4, -0.2) is 34.2 Å². The third kappa shape index (κ3) is 2.62. The van der Waals surface area contributed by atoms with E-state index in [1.165, 1.54) is 0 Å². The van der Waals surface area contributed by atoms with Crippen LogP contribution in [0, 0.1) is 12.3 Å². The molecule has 0 bridgehead atoms. The van der Waals surface area contributed by atoms with E-state index < -0.39 is 11.4 Å². The summed E-state index contributed by atoms with van der Waals surface area (Å²) in [5, 5.41) is 12.6. The van der Waals surface area contributed by atoms with Crippen LogP contribution < -0.4 is 10.1 Å². The first-order chi connectivity index (χ1) is 8.95. The number of carboxylic acids is 1. The molecule has 19 heavy (non-hydrogen) atoms. The van der Waals surface area contributed by atoms with E-state index in [0.717, 1.165) is 12.8 Å².